The Morgan fingerprint density at radius 3 is 2.92 bits per heavy atom. The first-order chi connectivity index (χ1) is 12.5. The number of benzene rings is 1. The molecule has 0 bridgehead atoms. The Morgan fingerprint density at radius 2 is 2.19 bits per heavy atom. The number of nitrogens with one attached hydrogen (secondary N) is 1. The van der Waals surface area contributed by atoms with Gasteiger partial charge < -0.3 is 4.74 Å². The number of esters is 1. The highest BCUT2D eigenvalue weighted by Crippen LogP contribution is 2.25. The van der Waals surface area contributed by atoms with Gasteiger partial charge in [-0.15, -0.1) is 5.10 Å². The van der Waals surface area contributed by atoms with Crippen LogP contribution >= 0.6 is 23.3 Å². The van der Waals surface area contributed by atoms with E-state index in [0.29, 0.717) is 5.17 Å². The lowest BCUT2D eigenvalue weighted by molar-refractivity contribution is -0.135. The number of hydrogen-bond donors (Lipinski definition) is 1. The fraction of sp³-hybridized carbons (Fsp3) is 0.118. The van der Waals surface area contributed by atoms with Crippen molar-refractivity contribution in [3.05, 3.63) is 52.6 Å². The van der Waals surface area contributed by atoms with E-state index in [1.165, 1.54) is 18.6 Å². The predicted molar refractivity (Wildman–Crippen MR) is 103 cm³/mol. The maximum atomic E-state index is 11.7. The second-order valence-corrected chi connectivity index (χ2v) is 7.03. The largest absolute Gasteiger partial charge is 0.466 e. The van der Waals surface area contributed by atoms with Crippen molar-refractivity contribution in [3.8, 4) is 10.4 Å². The van der Waals surface area contributed by atoms with E-state index in [2.05, 4.69) is 24.6 Å². The first-order valence-electron chi connectivity index (χ1n) is 7.49. The molecule has 2 aromatic rings. The Labute approximate surface area is 158 Å². The van der Waals surface area contributed by atoms with Gasteiger partial charge in [0.15, 0.2) is 5.17 Å². The van der Waals surface area contributed by atoms with E-state index < -0.39 is 11.9 Å². The van der Waals surface area contributed by atoms with Crippen molar-refractivity contribution in [2.75, 3.05) is 7.11 Å². The molecule has 2 heterocycles. The number of carbonyl (C=O) groups excluding carboxylic acids is 2. The molecule has 1 aliphatic heterocycles. The van der Waals surface area contributed by atoms with Crippen LogP contribution in [0.2, 0.25) is 0 Å². The molecule has 0 atom stereocenters. The molecule has 0 saturated carbocycles. The molecule has 1 aromatic heterocycles. The Kier molecular flexibility index (Phi) is 5.59. The molecule has 1 fully saturated rings. The van der Waals surface area contributed by atoms with Gasteiger partial charge in [0.2, 0.25) is 0 Å². The molecular weight excluding hydrogens is 372 g/mol. The van der Waals surface area contributed by atoms with Gasteiger partial charge in [0.1, 0.15) is 0 Å². The second-order valence-electron chi connectivity index (χ2n) is 5.20. The molecule has 132 valence electrons. The highest BCUT2D eigenvalue weighted by atomic mass is 32.2. The van der Waals surface area contributed by atoms with Crippen LogP contribution < -0.4 is 5.32 Å². The number of amidine groups is 1. The molecule has 26 heavy (non-hydrogen) atoms. The maximum absolute atomic E-state index is 11.7. The quantitative estimate of drug-likeness (QED) is 0.377. The summed E-state index contributed by atoms with van der Waals surface area (Å²) in [5, 5.41) is 10.8. The minimum atomic E-state index is -0.595. The van der Waals surface area contributed by atoms with Crippen LogP contribution in [0, 0.1) is 6.92 Å². The van der Waals surface area contributed by atoms with Crippen molar-refractivity contribution in [1.82, 2.24) is 9.69 Å². The lowest BCUT2D eigenvalue weighted by Gasteiger charge is -1.98. The molecule has 0 spiro atoms. The van der Waals surface area contributed by atoms with Crippen LogP contribution in [0.25, 0.3) is 10.4 Å². The third-order valence-corrected chi connectivity index (χ3v) is 5.09. The van der Waals surface area contributed by atoms with Gasteiger partial charge in [-0.2, -0.15) is 9.47 Å². The summed E-state index contributed by atoms with van der Waals surface area (Å²) in [5.74, 6) is -1.00. The molecule has 1 aromatic carbocycles. The fourth-order valence-electron chi connectivity index (χ4n) is 2.06. The number of ether oxygens (including phenoxy) is 1. The fourth-order valence-corrected chi connectivity index (χ4v) is 3.55. The summed E-state index contributed by atoms with van der Waals surface area (Å²) in [4.78, 5) is 24.2. The number of nitrogens with zero attached hydrogens (tertiary/aromatic N) is 3. The third kappa shape index (κ3) is 4.44. The number of rotatable bonds is 4. The Balaban J connectivity index is 1.71. The van der Waals surface area contributed by atoms with Gasteiger partial charge in [-0.1, -0.05) is 18.2 Å². The molecule has 0 unspecified atom stereocenters. The van der Waals surface area contributed by atoms with Gasteiger partial charge in [-0.25, -0.2) is 4.79 Å². The first kappa shape index (κ1) is 18.0. The van der Waals surface area contributed by atoms with E-state index in [-0.39, 0.29) is 4.91 Å². The summed E-state index contributed by atoms with van der Waals surface area (Å²) in [5.41, 5.74) is 2.91. The molecule has 1 amide bonds. The van der Waals surface area contributed by atoms with Crippen molar-refractivity contribution in [2.45, 2.75) is 6.92 Å². The van der Waals surface area contributed by atoms with Crippen LogP contribution in [-0.4, -0.2) is 34.7 Å². The van der Waals surface area contributed by atoms with Gasteiger partial charge in [0.05, 0.1) is 28.8 Å². The van der Waals surface area contributed by atoms with E-state index >= 15 is 0 Å². The zero-order chi connectivity index (χ0) is 18.5. The SMILES string of the molecule is COC(=O)/C=C1/S/C(=N\N=Cc2cccc(-c3cc(C)ns3)c2)NC1=O. The number of methoxy groups -OCH3 is 1. The normalized spacial score (nSPS) is 17.2. The van der Waals surface area contributed by atoms with Crippen molar-refractivity contribution in [3.63, 3.8) is 0 Å². The zero-order valence-corrected chi connectivity index (χ0v) is 15.6. The first-order valence-corrected chi connectivity index (χ1v) is 9.08. The van der Waals surface area contributed by atoms with Crippen molar-refractivity contribution in [1.29, 1.82) is 0 Å². The lowest BCUT2D eigenvalue weighted by Crippen LogP contribution is -2.19. The summed E-state index contributed by atoms with van der Waals surface area (Å²) in [6.45, 7) is 1.96. The molecule has 0 radical (unpaired) electrons. The smallest absolute Gasteiger partial charge is 0.331 e. The van der Waals surface area contributed by atoms with Gasteiger partial charge in [-0.05, 0) is 53.5 Å². The minimum Gasteiger partial charge on any atom is -0.466 e. The van der Waals surface area contributed by atoms with E-state index in [0.717, 1.165) is 39.5 Å². The number of aryl methyl sites for hydroxylation is 1. The number of thioether (sulfide) groups is 1. The van der Waals surface area contributed by atoms with E-state index in [9.17, 15) is 9.59 Å². The molecule has 9 heteroatoms. The highest BCUT2D eigenvalue weighted by Gasteiger charge is 2.24. The third-order valence-electron chi connectivity index (χ3n) is 3.26. The van der Waals surface area contributed by atoms with Gasteiger partial charge in [-0.3, -0.25) is 10.1 Å². The summed E-state index contributed by atoms with van der Waals surface area (Å²) >= 11 is 2.48. The van der Waals surface area contributed by atoms with E-state index in [1.54, 1.807) is 6.21 Å². The molecular formula is C17H14N4O3S2. The number of aromatic nitrogens is 1. The summed E-state index contributed by atoms with van der Waals surface area (Å²) in [7, 11) is 1.25. The van der Waals surface area contributed by atoms with Gasteiger partial charge in [0.25, 0.3) is 5.91 Å². The monoisotopic (exact) mass is 386 g/mol. The molecule has 7 nitrogen and oxygen atoms in total. The predicted octanol–water partition coefficient (Wildman–Crippen LogP) is 2.73. The number of amides is 1. The molecule has 1 aliphatic rings. The van der Waals surface area contributed by atoms with Gasteiger partial charge in [0, 0.05) is 6.08 Å². The second kappa shape index (κ2) is 8.07. The molecule has 3 rings (SSSR count). The summed E-state index contributed by atoms with van der Waals surface area (Å²) in [6, 6.07) is 9.86. The number of carbonyl (C=O) groups is 2. The Bertz CT molecular complexity index is 947. The van der Waals surface area contributed by atoms with E-state index in [4.69, 9.17) is 0 Å². The molecule has 0 aliphatic carbocycles. The van der Waals surface area contributed by atoms with Crippen LogP contribution in [0.1, 0.15) is 11.3 Å². The van der Waals surface area contributed by atoms with Gasteiger partial charge >= 0.3 is 5.97 Å². The average molecular weight is 386 g/mol. The Morgan fingerprint density at radius 1 is 1.35 bits per heavy atom. The average Bonchev–Trinajstić information content (AvgIpc) is 3.21. The van der Waals surface area contributed by atoms with Crippen molar-refractivity contribution in [2.24, 2.45) is 10.2 Å². The number of hydrogen-bond acceptors (Lipinski definition) is 8. The van der Waals surface area contributed by atoms with Crippen LogP contribution in [0.5, 0.6) is 0 Å². The van der Waals surface area contributed by atoms with E-state index in [1.807, 2.05) is 37.3 Å². The minimum absolute atomic E-state index is 0.216. The summed E-state index contributed by atoms with van der Waals surface area (Å²) in [6.07, 6.45) is 2.71. The molecule has 1 saturated heterocycles. The van der Waals surface area contributed by atoms with Crippen molar-refractivity contribution >= 4 is 46.6 Å². The van der Waals surface area contributed by atoms with Crippen molar-refractivity contribution < 1.29 is 14.3 Å². The zero-order valence-electron chi connectivity index (χ0n) is 13.9. The maximum Gasteiger partial charge on any atom is 0.331 e. The van der Waals surface area contributed by atoms with Crippen LogP contribution in [0.4, 0.5) is 0 Å². The Hall–Kier alpha value is -2.78. The van der Waals surface area contributed by atoms with Crippen LogP contribution in [0.15, 0.2) is 51.5 Å². The highest BCUT2D eigenvalue weighted by molar-refractivity contribution is 8.18. The summed E-state index contributed by atoms with van der Waals surface area (Å²) < 4.78 is 8.79. The van der Waals surface area contributed by atoms with Crippen LogP contribution in [0.3, 0.4) is 0 Å². The van der Waals surface area contributed by atoms with Crippen LogP contribution in [-0.2, 0) is 14.3 Å². The topological polar surface area (TPSA) is 93.0 Å². The lowest BCUT2D eigenvalue weighted by atomic mass is 10.1. The standard InChI is InChI=1S/C17H14N4O3S2/c1-10-6-13(26-21-10)12-5-3-4-11(7-12)9-18-20-17-19-16(23)14(25-17)8-15(22)24-2/h3-9H,1-2H3,(H,19,20,23)/b14-8+,18-9?. The molecule has 1 N–H and O–H groups in total.